The fraction of sp³-hybridized carbons (Fsp3) is 0.176. The summed E-state index contributed by atoms with van der Waals surface area (Å²) in [5, 5.41) is 0. The molecule has 0 fully saturated rings. The smallest absolute Gasteiger partial charge is 0.259 e. The summed E-state index contributed by atoms with van der Waals surface area (Å²) in [6.07, 6.45) is 1.93. The maximum atomic E-state index is 12.8. The van der Waals surface area contributed by atoms with Gasteiger partial charge >= 0.3 is 0 Å². The molecule has 4 nitrogen and oxygen atoms in total. The van der Waals surface area contributed by atoms with Gasteiger partial charge in [-0.1, -0.05) is 24.3 Å². The Morgan fingerprint density at radius 3 is 2.36 bits per heavy atom. The third-order valence-corrected chi connectivity index (χ3v) is 3.90. The van der Waals surface area contributed by atoms with Crippen LogP contribution in [0.5, 0.6) is 0 Å². The van der Waals surface area contributed by atoms with Crippen molar-refractivity contribution in [3.8, 4) is 0 Å². The molecule has 5 heteroatoms. The Labute approximate surface area is 134 Å². The van der Waals surface area contributed by atoms with E-state index in [2.05, 4.69) is 0 Å². The molecule has 2 aromatic rings. The van der Waals surface area contributed by atoms with Crippen molar-refractivity contribution in [1.29, 1.82) is 0 Å². The first-order valence-electron chi connectivity index (χ1n) is 6.81. The van der Waals surface area contributed by atoms with E-state index in [1.54, 1.807) is 36.1 Å². The van der Waals surface area contributed by atoms with Crippen LogP contribution in [0.1, 0.15) is 26.3 Å². The Bertz CT molecular complexity index is 686. The molecular weight excluding hydrogens is 296 g/mol. The first-order chi connectivity index (χ1) is 10.6. The second-order valence-corrected chi connectivity index (χ2v) is 5.67. The number of anilines is 1. The number of hydrogen-bond acceptors (Lipinski definition) is 3. The molecule has 114 valence electrons. The van der Waals surface area contributed by atoms with Crippen LogP contribution in [0.15, 0.2) is 48.5 Å². The Morgan fingerprint density at radius 1 is 1.09 bits per heavy atom. The van der Waals surface area contributed by atoms with Gasteiger partial charge in [-0.2, -0.15) is 0 Å². The molecule has 0 heterocycles. The third-order valence-electron chi connectivity index (χ3n) is 3.39. The standard InChI is InChI=1S/C17H18N2O2S/c1-12-14(16(18)20)9-6-10-15(12)19(11-22-2)17(21)13-7-4-3-5-8-13/h3-10H,11H2,1-2H3,(H2,18,20). The van der Waals surface area contributed by atoms with Gasteiger partial charge in [-0.25, -0.2) is 0 Å². The van der Waals surface area contributed by atoms with Gasteiger partial charge in [0, 0.05) is 16.8 Å². The molecule has 2 aromatic carbocycles. The van der Waals surface area contributed by atoms with Crippen molar-refractivity contribution in [2.24, 2.45) is 5.73 Å². The van der Waals surface area contributed by atoms with Crippen molar-refractivity contribution < 1.29 is 9.59 Å². The first kappa shape index (κ1) is 16.1. The lowest BCUT2D eigenvalue weighted by Gasteiger charge is -2.24. The number of thioether (sulfide) groups is 1. The van der Waals surface area contributed by atoms with E-state index < -0.39 is 5.91 Å². The van der Waals surface area contributed by atoms with Crippen LogP contribution in [0.25, 0.3) is 0 Å². The molecular formula is C17H18N2O2S. The average Bonchev–Trinajstić information content (AvgIpc) is 2.53. The SMILES string of the molecule is CSCN(C(=O)c1ccccc1)c1cccc(C(N)=O)c1C. The van der Waals surface area contributed by atoms with Crippen molar-refractivity contribution in [3.63, 3.8) is 0 Å². The number of carbonyl (C=O) groups is 2. The summed E-state index contributed by atoms with van der Waals surface area (Å²) in [6, 6.07) is 14.3. The van der Waals surface area contributed by atoms with Gasteiger partial charge in [0.1, 0.15) is 0 Å². The lowest BCUT2D eigenvalue weighted by atomic mass is 10.0. The highest BCUT2D eigenvalue weighted by atomic mass is 32.2. The topological polar surface area (TPSA) is 63.4 Å². The Morgan fingerprint density at radius 2 is 1.77 bits per heavy atom. The summed E-state index contributed by atoms with van der Waals surface area (Å²) in [5.74, 6) is -0.0909. The van der Waals surface area contributed by atoms with Crippen LogP contribution in [0, 0.1) is 6.92 Å². The monoisotopic (exact) mass is 314 g/mol. The fourth-order valence-corrected chi connectivity index (χ4v) is 2.80. The largest absolute Gasteiger partial charge is 0.366 e. The Balaban J connectivity index is 2.47. The van der Waals surface area contributed by atoms with Crippen LogP contribution in [-0.2, 0) is 0 Å². The second-order valence-electron chi connectivity index (χ2n) is 4.83. The van der Waals surface area contributed by atoms with Crippen molar-refractivity contribution in [2.75, 3.05) is 17.0 Å². The van der Waals surface area contributed by atoms with Crippen LogP contribution in [0.4, 0.5) is 5.69 Å². The molecule has 0 aliphatic rings. The number of nitrogens with zero attached hydrogens (tertiary/aromatic N) is 1. The predicted octanol–water partition coefficient (Wildman–Crippen LogP) is 3.06. The number of carbonyl (C=O) groups excluding carboxylic acids is 2. The number of nitrogens with two attached hydrogens (primary N) is 1. The molecule has 0 bridgehead atoms. The molecule has 0 saturated carbocycles. The van der Waals surface area contributed by atoms with Gasteiger partial charge in [0.2, 0.25) is 5.91 Å². The van der Waals surface area contributed by atoms with Crippen LogP contribution in [-0.4, -0.2) is 23.9 Å². The lowest BCUT2D eigenvalue weighted by Crippen LogP contribution is -2.31. The summed E-state index contributed by atoms with van der Waals surface area (Å²) < 4.78 is 0. The zero-order chi connectivity index (χ0) is 16.1. The maximum absolute atomic E-state index is 12.8. The first-order valence-corrected chi connectivity index (χ1v) is 8.21. The van der Waals surface area contributed by atoms with E-state index in [1.807, 2.05) is 30.5 Å². The molecule has 0 aliphatic heterocycles. The summed E-state index contributed by atoms with van der Waals surface area (Å²) in [4.78, 5) is 25.9. The van der Waals surface area contributed by atoms with E-state index in [1.165, 1.54) is 11.8 Å². The summed E-state index contributed by atoms with van der Waals surface area (Å²) in [5.41, 5.74) is 7.87. The van der Waals surface area contributed by atoms with Gasteiger partial charge in [0.05, 0.1) is 5.88 Å². The Kier molecular flexibility index (Phi) is 5.22. The van der Waals surface area contributed by atoms with Gasteiger partial charge in [-0.3, -0.25) is 14.5 Å². The van der Waals surface area contributed by atoms with Crippen LogP contribution < -0.4 is 10.6 Å². The zero-order valence-corrected chi connectivity index (χ0v) is 13.4. The van der Waals surface area contributed by atoms with E-state index in [0.717, 1.165) is 0 Å². The number of rotatable bonds is 5. The van der Waals surface area contributed by atoms with Crippen LogP contribution >= 0.6 is 11.8 Å². The summed E-state index contributed by atoms with van der Waals surface area (Å²) in [7, 11) is 0. The Hall–Kier alpha value is -2.27. The van der Waals surface area contributed by atoms with Crippen molar-refractivity contribution in [2.45, 2.75) is 6.92 Å². The normalized spacial score (nSPS) is 10.3. The number of amides is 2. The van der Waals surface area contributed by atoms with E-state index >= 15 is 0 Å². The van der Waals surface area contributed by atoms with E-state index in [-0.39, 0.29) is 5.91 Å². The van der Waals surface area contributed by atoms with E-state index in [9.17, 15) is 9.59 Å². The molecule has 0 aliphatic carbocycles. The molecule has 0 unspecified atom stereocenters. The molecule has 2 N–H and O–H groups in total. The van der Waals surface area contributed by atoms with Gasteiger partial charge in [0.25, 0.3) is 5.91 Å². The number of benzene rings is 2. The minimum atomic E-state index is -0.490. The minimum Gasteiger partial charge on any atom is -0.366 e. The zero-order valence-electron chi connectivity index (χ0n) is 12.6. The number of primary amides is 1. The van der Waals surface area contributed by atoms with Gasteiger partial charge < -0.3 is 5.73 Å². The highest BCUT2D eigenvalue weighted by Gasteiger charge is 2.20. The van der Waals surface area contributed by atoms with Crippen molar-refractivity contribution >= 4 is 29.3 Å². The van der Waals surface area contributed by atoms with Crippen molar-refractivity contribution in [3.05, 3.63) is 65.2 Å². The van der Waals surface area contributed by atoms with E-state index in [0.29, 0.717) is 28.3 Å². The summed E-state index contributed by atoms with van der Waals surface area (Å²) >= 11 is 1.54. The van der Waals surface area contributed by atoms with Gasteiger partial charge in [0.15, 0.2) is 0 Å². The molecule has 22 heavy (non-hydrogen) atoms. The maximum Gasteiger partial charge on any atom is 0.259 e. The molecule has 0 atom stereocenters. The van der Waals surface area contributed by atoms with E-state index in [4.69, 9.17) is 5.73 Å². The van der Waals surface area contributed by atoms with Gasteiger partial charge in [-0.15, -0.1) is 11.8 Å². The van der Waals surface area contributed by atoms with Crippen LogP contribution in [0.2, 0.25) is 0 Å². The summed E-state index contributed by atoms with van der Waals surface area (Å²) in [6.45, 7) is 1.81. The third kappa shape index (κ3) is 3.31. The molecule has 2 rings (SSSR count). The minimum absolute atomic E-state index is 0.0975. The average molecular weight is 314 g/mol. The highest BCUT2D eigenvalue weighted by Crippen LogP contribution is 2.26. The second kappa shape index (κ2) is 7.13. The molecule has 0 saturated heterocycles. The molecule has 0 radical (unpaired) electrons. The highest BCUT2D eigenvalue weighted by molar-refractivity contribution is 7.98. The van der Waals surface area contributed by atoms with Crippen LogP contribution in [0.3, 0.4) is 0 Å². The fourth-order valence-electron chi connectivity index (χ4n) is 2.29. The molecule has 0 aromatic heterocycles. The van der Waals surface area contributed by atoms with Crippen molar-refractivity contribution in [1.82, 2.24) is 0 Å². The predicted molar refractivity (Wildman–Crippen MR) is 91.3 cm³/mol. The molecule has 2 amide bonds. The lowest BCUT2D eigenvalue weighted by molar-refractivity contribution is 0.0983. The quantitative estimate of drug-likeness (QED) is 0.863. The number of hydrogen-bond donors (Lipinski definition) is 1. The van der Waals surface area contributed by atoms with Gasteiger partial charge in [-0.05, 0) is 43.0 Å². The molecule has 0 spiro atoms.